The number of hydrogen-bond acceptors (Lipinski definition) is 9. The normalized spacial score (nSPS) is 10.3. The first-order valence-corrected chi connectivity index (χ1v) is 10.6. The molecule has 0 radical (unpaired) electrons. The zero-order valence-corrected chi connectivity index (χ0v) is 19.1. The number of phenolic OH excluding ortho intramolecular Hbond substituents is 1. The monoisotopic (exact) mass is 490 g/mol. The van der Waals surface area contributed by atoms with Crippen LogP contribution in [-0.4, -0.2) is 39.0 Å². The summed E-state index contributed by atoms with van der Waals surface area (Å²) in [5, 5.41) is 18.6. The number of halogens is 1. The molecule has 0 saturated heterocycles. The van der Waals surface area contributed by atoms with E-state index in [0.29, 0.717) is 16.9 Å². The molecule has 0 aliphatic rings. The van der Waals surface area contributed by atoms with Crippen molar-refractivity contribution in [1.29, 1.82) is 0 Å². The van der Waals surface area contributed by atoms with Gasteiger partial charge in [-0.05, 0) is 66.2 Å². The molecule has 3 aromatic carbocycles. The molecule has 0 bridgehead atoms. The smallest absolute Gasteiger partial charge is 0.341 e. The van der Waals surface area contributed by atoms with Crippen LogP contribution in [0.3, 0.4) is 0 Å². The Morgan fingerprint density at radius 2 is 1.43 bits per heavy atom. The summed E-state index contributed by atoms with van der Waals surface area (Å²) in [6, 6.07) is 20.0. The van der Waals surface area contributed by atoms with Crippen LogP contribution < -0.4 is 16.0 Å². The maximum Gasteiger partial charge on any atom is 0.341 e. The van der Waals surface area contributed by atoms with E-state index in [9.17, 15) is 14.7 Å². The van der Waals surface area contributed by atoms with Gasteiger partial charge in [0.2, 0.25) is 17.2 Å². The molecule has 4 N–H and O–H groups in total. The van der Waals surface area contributed by atoms with Gasteiger partial charge < -0.3 is 25.8 Å². The zero-order valence-electron chi connectivity index (χ0n) is 18.3. The largest absolute Gasteiger partial charge is 0.507 e. The number of para-hydroxylation sites is 1. The van der Waals surface area contributed by atoms with Gasteiger partial charge >= 0.3 is 5.97 Å². The van der Waals surface area contributed by atoms with Crippen LogP contribution in [0.4, 0.5) is 29.0 Å². The molecule has 0 unspecified atom stereocenters. The van der Waals surface area contributed by atoms with Crippen molar-refractivity contribution in [3.8, 4) is 5.75 Å². The van der Waals surface area contributed by atoms with Crippen LogP contribution in [0.1, 0.15) is 20.7 Å². The first-order valence-electron chi connectivity index (χ1n) is 10.2. The second-order valence-electron chi connectivity index (χ2n) is 7.12. The van der Waals surface area contributed by atoms with Crippen LogP contribution in [0.5, 0.6) is 5.75 Å². The van der Waals surface area contributed by atoms with Crippen LogP contribution in [0.15, 0.2) is 72.8 Å². The van der Waals surface area contributed by atoms with E-state index >= 15 is 0 Å². The average molecular weight is 491 g/mol. The number of aromatic hydroxyl groups is 1. The molecule has 1 aromatic heterocycles. The molecule has 0 spiro atoms. The summed E-state index contributed by atoms with van der Waals surface area (Å²) in [4.78, 5) is 36.8. The fourth-order valence-electron chi connectivity index (χ4n) is 3.04. The van der Waals surface area contributed by atoms with E-state index in [1.807, 2.05) is 30.3 Å². The fraction of sp³-hybridized carbons (Fsp3) is 0.0417. The van der Waals surface area contributed by atoms with Crippen molar-refractivity contribution in [3.05, 3.63) is 89.2 Å². The maximum absolute atomic E-state index is 12.6. The van der Waals surface area contributed by atoms with Crippen molar-refractivity contribution in [2.45, 2.75) is 0 Å². The molecule has 0 aliphatic heterocycles. The number of amides is 1. The van der Waals surface area contributed by atoms with Gasteiger partial charge in [0.05, 0.1) is 7.11 Å². The highest BCUT2D eigenvalue weighted by molar-refractivity contribution is 6.28. The highest BCUT2D eigenvalue weighted by Gasteiger charge is 2.14. The van der Waals surface area contributed by atoms with Gasteiger partial charge in [0.1, 0.15) is 11.3 Å². The molecule has 4 aromatic rings. The molecule has 10 nitrogen and oxygen atoms in total. The van der Waals surface area contributed by atoms with Gasteiger partial charge in [0.15, 0.2) is 0 Å². The number of carbonyl (C=O) groups is 2. The highest BCUT2D eigenvalue weighted by Crippen LogP contribution is 2.23. The van der Waals surface area contributed by atoms with Crippen LogP contribution >= 0.6 is 11.6 Å². The number of hydrogen-bond donors (Lipinski definition) is 4. The summed E-state index contributed by atoms with van der Waals surface area (Å²) in [6.07, 6.45) is 0. The molecule has 1 amide bonds. The minimum absolute atomic E-state index is 0.0113. The van der Waals surface area contributed by atoms with Crippen LogP contribution in [0.25, 0.3) is 0 Å². The first kappa shape index (κ1) is 23.5. The van der Waals surface area contributed by atoms with Gasteiger partial charge in [-0.3, -0.25) is 4.79 Å². The Morgan fingerprint density at radius 1 is 0.829 bits per heavy atom. The highest BCUT2D eigenvalue weighted by atomic mass is 35.5. The number of nitrogens with zero attached hydrogens (tertiary/aromatic N) is 3. The Balaban J connectivity index is 1.44. The van der Waals surface area contributed by atoms with E-state index in [2.05, 4.69) is 35.6 Å². The van der Waals surface area contributed by atoms with Crippen LogP contribution in [-0.2, 0) is 4.74 Å². The molecule has 0 saturated carbocycles. The second kappa shape index (κ2) is 10.5. The van der Waals surface area contributed by atoms with Crippen molar-refractivity contribution >= 4 is 52.4 Å². The number of nitrogens with one attached hydrogen (secondary N) is 3. The predicted octanol–water partition coefficient (Wildman–Crippen LogP) is 4.76. The molecular formula is C24H19ClN6O4. The van der Waals surface area contributed by atoms with Gasteiger partial charge in [-0.2, -0.15) is 15.0 Å². The van der Waals surface area contributed by atoms with Crippen molar-refractivity contribution < 1.29 is 19.4 Å². The molecule has 176 valence electrons. The number of phenols is 1. The lowest BCUT2D eigenvalue weighted by Gasteiger charge is -2.10. The summed E-state index contributed by atoms with van der Waals surface area (Å²) in [6.45, 7) is 0. The molecule has 1 heterocycles. The van der Waals surface area contributed by atoms with Crippen molar-refractivity contribution in [2.24, 2.45) is 0 Å². The summed E-state index contributed by atoms with van der Waals surface area (Å²) in [7, 11) is 1.20. The fourth-order valence-corrected chi connectivity index (χ4v) is 3.20. The van der Waals surface area contributed by atoms with E-state index in [-0.39, 0.29) is 28.5 Å². The summed E-state index contributed by atoms with van der Waals surface area (Å²) in [5.41, 5.74) is 2.05. The zero-order chi connectivity index (χ0) is 24.8. The number of carbonyl (C=O) groups excluding carboxylic acids is 2. The number of benzene rings is 3. The Labute approximate surface area is 205 Å². The third-order valence-electron chi connectivity index (χ3n) is 4.70. The van der Waals surface area contributed by atoms with E-state index in [1.165, 1.54) is 25.3 Å². The minimum atomic E-state index is -0.713. The molecular weight excluding hydrogens is 472 g/mol. The number of aromatic nitrogens is 3. The molecule has 0 atom stereocenters. The Morgan fingerprint density at radius 3 is 2.06 bits per heavy atom. The van der Waals surface area contributed by atoms with Gasteiger partial charge in [-0.25, -0.2) is 4.79 Å². The van der Waals surface area contributed by atoms with E-state index in [0.717, 1.165) is 5.69 Å². The number of ether oxygens (including phenoxy) is 1. The first-order chi connectivity index (χ1) is 16.9. The number of rotatable bonds is 7. The quantitative estimate of drug-likeness (QED) is 0.213. The lowest BCUT2D eigenvalue weighted by atomic mass is 10.1. The third-order valence-corrected chi connectivity index (χ3v) is 4.87. The summed E-state index contributed by atoms with van der Waals surface area (Å²) >= 11 is 6.04. The Hall–Kier alpha value is -4.70. The number of esters is 1. The summed E-state index contributed by atoms with van der Waals surface area (Å²) < 4.78 is 4.62. The minimum Gasteiger partial charge on any atom is -0.507 e. The van der Waals surface area contributed by atoms with E-state index < -0.39 is 11.9 Å². The van der Waals surface area contributed by atoms with Crippen LogP contribution in [0.2, 0.25) is 5.28 Å². The number of methoxy groups -OCH3 is 1. The molecule has 4 rings (SSSR count). The SMILES string of the molecule is COC(=O)c1cc(NC(=O)c2ccc(Nc3nc(Cl)nc(Nc4ccccc4)n3)cc2)ccc1O. The Kier molecular flexibility index (Phi) is 7.03. The van der Waals surface area contributed by atoms with Crippen molar-refractivity contribution in [3.63, 3.8) is 0 Å². The molecule has 11 heteroatoms. The van der Waals surface area contributed by atoms with E-state index in [4.69, 9.17) is 11.6 Å². The molecule has 35 heavy (non-hydrogen) atoms. The van der Waals surface area contributed by atoms with Crippen molar-refractivity contribution in [2.75, 3.05) is 23.1 Å². The van der Waals surface area contributed by atoms with Gasteiger partial charge in [0.25, 0.3) is 5.91 Å². The topological polar surface area (TPSA) is 138 Å². The standard InChI is InChI=1S/C24H19ClN6O4/c1-35-21(34)18-13-17(11-12-19(18)32)26-20(33)14-7-9-16(10-8-14)28-24-30-22(25)29-23(31-24)27-15-5-3-2-4-6-15/h2-13,32H,1H3,(H,26,33)(H2,27,28,29,30,31). The van der Waals surface area contributed by atoms with Gasteiger partial charge in [-0.1, -0.05) is 18.2 Å². The molecule has 0 fully saturated rings. The maximum atomic E-state index is 12.6. The van der Waals surface area contributed by atoms with Gasteiger partial charge in [-0.15, -0.1) is 0 Å². The lowest BCUT2D eigenvalue weighted by Crippen LogP contribution is -2.12. The summed E-state index contributed by atoms with van der Waals surface area (Å²) in [5.74, 6) is -0.869. The lowest BCUT2D eigenvalue weighted by molar-refractivity contribution is 0.0597. The Bertz CT molecular complexity index is 1370. The third kappa shape index (κ3) is 6.01. The predicted molar refractivity (Wildman–Crippen MR) is 132 cm³/mol. The van der Waals surface area contributed by atoms with Crippen LogP contribution in [0, 0.1) is 0 Å². The second-order valence-corrected chi connectivity index (χ2v) is 7.46. The molecule has 0 aliphatic carbocycles. The van der Waals surface area contributed by atoms with Gasteiger partial charge in [0, 0.05) is 22.6 Å². The van der Waals surface area contributed by atoms with Crippen molar-refractivity contribution in [1.82, 2.24) is 15.0 Å². The number of anilines is 5. The van der Waals surface area contributed by atoms with E-state index in [1.54, 1.807) is 24.3 Å². The average Bonchev–Trinajstić information content (AvgIpc) is 2.85.